The number of ether oxygens (including phenoxy) is 1. The first kappa shape index (κ1) is 14.5. The molecule has 2 heterocycles. The first-order valence-electron chi connectivity index (χ1n) is 5.80. The van der Waals surface area contributed by atoms with Crippen molar-refractivity contribution in [1.82, 2.24) is 4.31 Å². The van der Waals surface area contributed by atoms with Gasteiger partial charge < -0.3 is 14.3 Å². The van der Waals surface area contributed by atoms with Gasteiger partial charge in [0.05, 0.1) is 7.11 Å². The van der Waals surface area contributed by atoms with Gasteiger partial charge in [-0.1, -0.05) is 0 Å². The van der Waals surface area contributed by atoms with Crippen LogP contribution in [0.3, 0.4) is 0 Å². The van der Waals surface area contributed by atoms with Crippen molar-refractivity contribution in [3.63, 3.8) is 0 Å². The number of nitrogens with zero attached hydrogens (tertiary/aromatic N) is 1. The van der Waals surface area contributed by atoms with E-state index in [0.717, 1.165) is 17.5 Å². The molecule has 1 atom stereocenters. The van der Waals surface area contributed by atoms with Crippen LogP contribution in [0.1, 0.15) is 23.4 Å². The second-order valence-electron chi connectivity index (χ2n) is 4.22. The molecular weight excluding hydrogens is 290 g/mol. The molecular formula is C11H13NO7S. The van der Waals surface area contributed by atoms with E-state index in [2.05, 4.69) is 4.74 Å². The van der Waals surface area contributed by atoms with Gasteiger partial charge in [0.1, 0.15) is 6.04 Å². The average Bonchev–Trinajstić information content (AvgIpc) is 3.06. The second-order valence-corrected chi connectivity index (χ2v) is 6.04. The molecule has 8 nitrogen and oxygen atoms in total. The van der Waals surface area contributed by atoms with Crippen LogP contribution in [-0.2, 0) is 19.6 Å². The van der Waals surface area contributed by atoms with E-state index in [1.807, 2.05) is 0 Å². The Hall–Kier alpha value is -1.87. The van der Waals surface area contributed by atoms with Crippen molar-refractivity contribution in [2.24, 2.45) is 0 Å². The Balaban J connectivity index is 2.33. The van der Waals surface area contributed by atoms with Crippen LogP contribution in [-0.4, -0.2) is 49.5 Å². The number of carbonyl (C=O) groups is 2. The molecule has 1 aromatic rings. The number of hydrogen-bond acceptors (Lipinski definition) is 6. The van der Waals surface area contributed by atoms with Gasteiger partial charge in [-0.25, -0.2) is 13.2 Å². The van der Waals surface area contributed by atoms with Crippen molar-refractivity contribution in [2.45, 2.75) is 24.0 Å². The van der Waals surface area contributed by atoms with Gasteiger partial charge >= 0.3 is 11.9 Å². The summed E-state index contributed by atoms with van der Waals surface area (Å²) < 4.78 is 34.8. The van der Waals surface area contributed by atoms with Gasteiger partial charge in [0.25, 0.3) is 10.0 Å². The summed E-state index contributed by atoms with van der Waals surface area (Å²) in [5, 5.41) is 8.55. The minimum atomic E-state index is -4.08. The molecule has 0 radical (unpaired) electrons. The van der Waals surface area contributed by atoms with E-state index in [1.54, 1.807) is 0 Å². The smallest absolute Gasteiger partial charge is 0.374 e. The molecule has 1 aliphatic rings. The molecule has 0 amide bonds. The van der Waals surface area contributed by atoms with Crippen LogP contribution < -0.4 is 0 Å². The lowest BCUT2D eigenvalue weighted by atomic mass is 10.2. The third-order valence-electron chi connectivity index (χ3n) is 3.02. The van der Waals surface area contributed by atoms with Gasteiger partial charge in [-0.2, -0.15) is 4.31 Å². The number of furan rings is 1. The van der Waals surface area contributed by atoms with Crippen LogP contribution in [0.4, 0.5) is 0 Å². The highest BCUT2D eigenvalue weighted by atomic mass is 32.2. The lowest BCUT2D eigenvalue weighted by Gasteiger charge is -2.19. The molecule has 2 rings (SSSR count). The van der Waals surface area contributed by atoms with Gasteiger partial charge in [-0.3, -0.25) is 4.79 Å². The molecule has 0 unspecified atom stereocenters. The van der Waals surface area contributed by atoms with Gasteiger partial charge in [0, 0.05) is 6.54 Å². The normalized spacial score (nSPS) is 19.9. The number of carboxylic acids is 1. The number of hydrogen-bond donors (Lipinski definition) is 1. The first-order chi connectivity index (χ1) is 9.37. The maximum atomic E-state index is 12.3. The summed E-state index contributed by atoms with van der Waals surface area (Å²) in [7, 11) is -2.94. The standard InChI is InChI=1S/C11H13NO7S/c1-18-11(15)8-4-5-9(19-8)20(16,17)12-6-2-3-7(12)10(13)14/h4-5,7H,2-3,6H2,1H3,(H,13,14)/t7-/m1/s1. The Morgan fingerprint density at radius 3 is 2.75 bits per heavy atom. The Morgan fingerprint density at radius 2 is 2.15 bits per heavy atom. The summed E-state index contributed by atoms with van der Waals surface area (Å²) >= 11 is 0. The van der Waals surface area contributed by atoms with E-state index >= 15 is 0 Å². The van der Waals surface area contributed by atoms with Crippen molar-refractivity contribution < 1.29 is 32.3 Å². The molecule has 20 heavy (non-hydrogen) atoms. The number of methoxy groups -OCH3 is 1. The molecule has 1 N–H and O–H groups in total. The van der Waals surface area contributed by atoms with Crippen LogP contribution in [0.5, 0.6) is 0 Å². The summed E-state index contributed by atoms with van der Waals surface area (Å²) in [4.78, 5) is 22.3. The van der Waals surface area contributed by atoms with Gasteiger partial charge in [-0.05, 0) is 25.0 Å². The quantitative estimate of drug-likeness (QED) is 0.796. The molecule has 1 aliphatic heterocycles. The van der Waals surface area contributed by atoms with Crippen molar-refractivity contribution in [1.29, 1.82) is 0 Å². The topological polar surface area (TPSA) is 114 Å². The van der Waals surface area contributed by atoms with E-state index in [9.17, 15) is 18.0 Å². The predicted molar refractivity (Wildman–Crippen MR) is 64.6 cm³/mol. The zero-order valence-electron chi connectivity index (χ0n) is 10.6. The maximum Gasteiger partial charge on any atom is 0.374 e. The predicted octanol–water partition coefficient (Wildman–Crippen LogP) is 0.304. The third-order valence-corrected chi connectivity index (χ3v) is 4.80. The molecule has 0 aromatic carbocycles. The van der Waals surface area contributed by atoms with Crippen molar-refractivity contribution >= 4 is 22.0 Å². The summed E-state index contributed by atoms with van der Waals surface area (Å²) in [5.41, 5.74) is 0. The first-order valence-corrected chi connectivity index (χ1v) is 7.24. The molecule has 9 heteroatoms. The molecule has 0 bridgehead atoms. The van der Waals surface area contributed by atoms with Crippen LogP contribution in [0.25, 0.3) is 0 Å². The number of carbonyl (C=O) groups excluding carboxylic acids is 1. The van der Waals surface area contributed by atoms with E-state index in [1.165, 1.54) is 6.07 Å². The van der Waals surface area contributed by atoms with Crippen LogP contribution in [0.15, 0.2) is 21.6 Å². The maximum absolute atomic E-state index is 12.3. The summed E-state index contributed by atoms with van der Waals surface area (Å²) in [6.45, 7) is 0.105. The SMILES string of the molecule is COC(=O)c1ccc(S(=O)(=O)N2CCC[C@@H]2C(=O)O)o1. The minimum Gasteiger partial charge on any atom is -0.480 e. The summed E-state index contributed by atoms with van der Waals surface area (Å²) in [6, 6.07) is 1.18. The van der Waals surface area contributed by atoms with Gasteiger partial charge in [-0.15, -0.1) is 0 Å². The highest BCUT2D eigenvalue weighted by Gasteiger charge is 2.41. The molecule has 1 saturated heterocycles. The van der Waals surface area contributed by atoms with E-state index in [-0.39, 0.29) is 18.7 Å². The van der Waals surface area contributed by atoms with E-state index in [0.29, 0.717) is 6.42 Å². The lowest BCUT2D eigenvalue weighted by molar-refractivity contribution is -0.140. The van der Waals surface area contributed by atoms with E-state index < -0.39 is 33.1 Å². The molecule has 1 aromatic heterocycles. The van der Waals surface area contributed by atoms with E-state index in [4.69, 9.17) is 9.52 Å². The highest BCUT2D eigenvalue weighted by Crippen LogP contribution is 2.27. The zero-order valence-corrected chi connectivity index (χ0v) is 11.4. The summed E-state index contributed by atoms with van der Waals surface area (Å²) in [6.07, 6.45) is 0.708. The number of sulfonamides is 1. The van der Waals surface area contributed by atoms with Crippen LogP contribution >= 0.6 is 0 Å². The Kier molecular flexibility index (Phi) is 3.82. The largest absolute Gasteiger partial charge is 0.480 e. The van der Waals surface area contributed by atoms with Crippen LogP contribution in [0.2, 0.25) is 0 Å². The fourth-order valence-electron chi connectivity index (χ4n) is 2.06. The number of esters is 1. The number of carboxylic acid groups (broad SMARTS) is 1. The Labute approximate surface area is 115 Å². The van der Waals surface area contributed by atoms with Crippen LogP contribution in [0, 0.1) is 0 Å². The van der Waals surface area contributed by atoms with Crippen molar-refractivity contribution in [2.75, 3.05) is 13.7 Å². The average molecular weight is 303 g/mol. The molecule has 1 fully saturated rings. The Bertz CT molecular complexity index is 633. The number of rotatable bonds is 4. The molecule has 110 valence electrons. The van der Waals surface area contributed by atoms with Crippen molar-refractivity contribution in [3.05, 3.63) is 17.9 Å². The molecule has 0 spiro atoms. The highest BCUT2D eigenvalue weighted by molar-refractivity contribution is 7.89. The number of aliphatic carboxylic acids is 1. The lowest BCUT2D eigenvalue weighted by Crippen LogP contribution is -2.40. The fraction of sp³-hybridized carbons (Fsp3) is 0.455. The summed E-state index contributed by atoms with van der Waals surface area (Å²) in [5.74, 6) is -2.26. The molecule has 0 aliphatic carbocycles. The third kappa shape index (κ3) is 2.41. The Morgan fingerprint density at radius 1 is 1.45 bits per heavy atom. The molecule has 0 saturated carbocycles. The van der Waals surface area contributed by atoms with Gasteiger partial charge in [0.15, 0.2) is 0 Å². The minimum absolute atomic E-state index is 0.105. The zero-order chi connectivity index (χ0) is 14.9. The van der Waals surface area contributed by atoms with Gasteiger partial charge in [0.2, 0.25) is 10.9 Å². The van der Waals surface area contributed by atoms with Crippen molar-refractivity contribution in [3.8, 4) is 0 Å². The monoisotopic (exact) mass is 303 g/mol. The second kappa shape index (κ2) is 5.25. The fourth-order valence-corrected chi connectivity index (χ4v) is 3.63.